The normalized spacial score (nSPS) is 11.2. The van der Waals surface area contributed by atoms with Crippen molar-refractivity contribution < 1.29 is 13.2 Å². The summed E-state index contributed by atoms with van der Waals surface area (Å²) in [5.74, 6) is -0.259. The molecule has 3 aromatic rings. The van der Waals surface area contributed by atoms with Crippen LogP contribution in [0.3, 0.4) is 0 Å². The summed E-state index contributed by atoms with van der Waals surface area (Å²) in [6.45, 7) is 3.82. The summed E-state index contributed by atoms with van der Waals surface area (Å²) in [5, 5.41) is 3.41. The molecule has 0 unspecified atom stereocenters. The van der Waals surface area contributed by atoms with Crippen molar-refractivity contribution in [3.8, 4) is 0 Å². The summed E-state index contributed by atoms with van der Waals surface area (Å²) in [4.78, 5) is 12.5. The van der Waals surface area contributed by atoms with Crippen LogP contribution in [0, 0.1) is 13.8 Å². The average Bonchev–Trinajstić information content (AvgIpc) is 2.60. The third-order valence-corrected chi connectivity index (χ3v) is 6.00. The second kappa shape index (κ2) is 8.45. The minimum atomic E-state index is -3.84. The van der Waals surface area contributed by atoms with Crippen molar-refractivity contribution in [3.05, 3.63) is 87.4 Å². The quantitative estimate of drug-likeness (QED) is 0.528. The predicted octanol–water partition coefficient (Wildman–Crippen LogP) is 5.66. The highest BCUT2D eigenvalue weighted by atomic mass is 35.5. The number of carbonyl (C=O) groups excluding carboxylic acids is 1. The van der Waals surface area contributed by atoms with Gasteiger partial charge in [-0.15, -0.1) is 0 Å². The van der Waals surface area contributed by atoms with E-state index in [1.54, 1.807) is 6.07 Å². The molecule has 0 aliphatic rings. The molecule has 0 atom stereocenters. The molecule has 150 valence electrons. The van der Waals surface area contributed by atoms with Crippen LogP contribution in [0.1, 0.15) is 21.5 Å². The number of benzene rings is 3. The molecule has 0 spiro atoms. The van der Waals surface area contributed by atoms with Gasteiger partial charge in [0.15, 0.2) is 0 Å². The maximum absolute atomic E-state index is 12.6. The molecule has 8 heteroatoms. The number of anilines is 2. The molecule has 1 amide bonds. The molecule has 0 heterocycles. The molecule has 0 aliphatic heterocycles. The number of halogens is 2. The zero-order valence-corrected chi connectivity index (χ0v) is 18.0. The number of aryl methyl sites for hydroxylation is 2. The van der Waals surface area contributed by atoms with E-state index in [1.807, 2.05) is 26.0 Å². The van der Waals surface area contributed by atoms with Gasteiger partial charge in [0.25, 0.3) is 15.9 Å². The number of hydrogen-bond acceptors (Lipinski definition) is 3. The number of nitrogens with one attached hydrogen (secondary N) is 2. The van der Waals surface area contributed by atoms with E-state index in [2.05, 4.69) is 10.0 Å². The Morgan fingerprint density at radius 1 is 0.828 bits per heavy atom. The standard InChI is InChI=1S/C21H18Cl2N2O3S/c1-13-3-8-20(14(2)9-13)21(26)24-17-4-6-19(7-5-17)29(27,28)25-18-11-15(22)10-16(23)12-18/h3-12,25H,1-2H3,(H,24,26). The van der Waals surface area contributed by atoms with Crippen LogP contribution in [0.5, 0.6) is 0 Å². The Balaban J connectivity index is 1.76. The molecule has 0 aliphatic carbocycles. The Morgan fingerprint density at radius 3 is 2.03 bits per heavy atom. The summed E-state index contributed by atoms with van der Waals surface area (Å²) < 4.78 is 27.6. The number of hydrogen-bond donors (Lipinski definition) is 2. The topological polar surface area (TPSA) is 75.3 Å². The molecule has 0 aromatic heterocycles. The number of sulfonamides is 1. The van der Waals surface area contributed by atoms with Gasteiger partial charge in [-0.25, -0.2) is 8.42 Å². The second-order valence-corrected chi connectivity index (χ2v) is 9.12. The fourth-order valence-corrected chi connectivity index (χ4v) is 4.38. The largest absolute Gasteiger partial charge is 0.322 e. The van der Waals surface area contributed by atoms with E-state index in [4.69, 9.17) is 23.2 Å². The first-order chi connectivity index (χ1) is 13.6. The van der Waals surface area contributed by atoms with Crippen LogP contribution < -0.4 is 10.0 Å². The third-order valence-electron chi connectivity index (χ3n) is 4.16. The number of rotatable bonds is 5. The van der Waals surface area contributed by atoms with Gasteiger partial charge in [-0.2, -0.15) is 0 Å². The van der Waals surface area contributed by atoms with Gasteiger partial charge in [0.05, 0.1) is 10.6 Å². The SMILES string of the molecule is Cc1ccc(C(=O)Nc2ccc(S(=O)(=O)Nc3cc(Cl)cc(Cl)c3)cc2)c(C)c1. The fraction of sp³-hybridized carbons (Fsp3) is 0.0952. The van der Waals surface area contributed by atoms with Gasteiger partial charge < -0.3 is 5.32 Å². The first-order valence-electron chi connectivity index (χ1n) is 8.62. The molecule has 5 nitrogen and oxygen atoms in total. The Hall–Kier alpha value is -2.54. The van der Waals surface area contributed by atoms with E-state index in [9.17, 15) is 13.2 Å². The lowest BCUT2D eigenvalue weighted by Crippen LogP contribution is -2.15. The van der Waals surface area contributed by atoms with Crippen LogP contribution in [0.4, 0.5) is 11.4 Å². The Morgan fingerprint density at radius 2 is 1.45 bits per heavy atom. The van der Waals surface area contributed by atoms with E-state index < -0.39 is 10.0 Å². The Bertz CT molecular complexity index is 1160. The average molecular weight is 449 g/mol. The Labute approximate surface area is 179 Å². The lowest BCUT2D eigenvalue weighted by Gasteiger charge is -2.11. The van der Waals surface area contributed by atoms with Gasteiger partial charge in [-0.3, -0.25) is 9.52 Å². The highest BCUT2D eigenvalue weighted by molar-refractivity contribution is 7.92. The van der Waals surface area contributed by atoms with Crippen LogP contribution in [0.15, 0.2) is 65.6 Å². The van der Waals surface area contributed by atoms with Crippen LogP contribution in [0.2, 0.25) is 10.0 Å². The summed E-state index contributed by atoms with van der Waals surface area (Å²) in [6.07, 6.45) is 0. The summed E-state index contributed by atoms with van der Waals surface area (Å²) >= 11 is 11.8. The fourth-order valence-electron chi connectivity index (χ4n) is 2.81. The molecule has 0 fully saturated rings. The molecule has 2 N–H and O–H groups in total. The first kappa shape index (κ1) is 21.2. The number of amides is 1. The first-order valence-corrected chi connectivity index (χ1v) is 10.9. The monoisotopic (exact) mass is 448 g/mol. The highest BCUT2D eigenvalue weighted by Crippen LogP contribution is 2.25. The molecule has 0 saturated heterocycles. The van der Waals surface area contributed by atoms with E-state index in [1.165, 1.54) is 42.5 Å². The van der Waals surface area contributed by atoms with Gasteiger partial charge >= 0.3 is 0 Å². The molecule has 3 rings (SSSR count). The molecule has 3 aromatic carbocycles. The van der Waals surface area contributed by atoms with Gasteiger partial charge in [-0.05, 0) is 67.9 Å². The highest BCUT2D eigenvalue weighted by Gasteiger charge is 2.16. The van der Waals surface area contributed by atoms with Crippen LogP contribution in [-0.2, 0) is 10.0 Å². The van der Waals surface area contributed by atoms with Crippen molar-refractivity contribution in [2.75, 3.05) is 10.0 Å². The lowest BCUT2D eigenvalue weighted by atomic mass is 10.1. The second-order valence-electron chi connectivity index (χ2n) is 6.56. The smallest absolute Gasteiger partial charge is 0.261 e. The van der Waals surface area contributed by atoms with Gasteiger partial charge in [0, 0.05) is 21.3 Å². The molecule has 0 radical (unpaired) electrons. The van der Waals surface area contributed by atoms with Gasteiger partial charge in [0.1, 0.15) is 0 Å². The summed E-state index contributed by atoms with van der Waals surface area (Å²) in [5.41, 5.74) is 3.24. The minimum absolute atomic E-state index is 0.0399. The molecule has 0 saturated carbocycles. The third kappa shape index (κ3) is 5.29. The Kier molecular flexibility index (Phi) is 6.17. The molecule has 29 heavy (non-hydrogen) atoms. The van der Waals surface area contributed by atoms with Gasteiger partial charge in [0.2, 0.25) is 0 Å². The van der Waals surface area contributed by atoms with Crippen LogP contribution in [-0.4, -0.2) is 14.3 Å². The van der Waals surface area contributed by atoms with Crippen molar-refractivity contribution in [1.29, 1.82) is 0 Å². The van der Waals surface area contributed by atoms with Crippen LogP contribution in [0.25, 0.3) is 0 Å². The zero-order valence-electron chi connectivity index (χ0n) is 15.7. The van der Waals surface area contributed by atoms with Crippen LogP contribution >= 0.6 is 23.2 Å². The number of carbonyl (C=O) groups is 1. The van der Waals surface area contributed by atoms with Crippen molar-refractivity contribution in [3.63, 3.8) is 0 Å². The van der Waals surface area contributed by atoms with Crippen molar-refractivity contribution >= 4 is 50.5 Å². The lowest BCUT2D eigenvalue weighted by molar-refractivity contribution is 0.102. The molecule has 0 bridgehead atoms. The van der Waals surface area contributed by atoms with Gasteiger partial charge in [-0.1, -0.05) is 40.9 Å². The van der Waals surface area contributed by atoms with E-state index in [-0.39, 0.29) is 16.5 Å². The maximum atomic E-state index is 12.6. The van der Waals surface area contributed by atoms with Crippen molar-refractivity contribution in [2.45, 2.75) is 18.7 Å². The summed E-state index contributed by atoms with van der Waals surface area (Å²) in [7, 11) is -3.84. The summed E-state index contributed by atoms with van der Waals surface area (Å²) in [6, 6.07) is 15.9. The zero-order chi connectivity index (χ0) is 21.2. The molecular formula is C21H18Cl2N2O3S. The van der Waals surface area contributed by atoms with E-state index >= 15 is 0 Å². The van der Waals surface area contributed by atoms with E-state index in [0.29, 0.717) is 21.3 Å². The van der Waals surface area contributed by atoms with E-state index in [0.717, 1.165) is 11.1 Å². The molecular weight excluding hydrogens is 431 g/mol. The predicted molar refractivity (Wildman–Crippen MR) is 118 cm³/mol. The van der Waals surface area contributed by atoms with Crippen molar-refractivity contribution in [1.82, 2.24) is 0 Å². The minimum Gasteiger partial charge on any atom is -0.322 e. The van der Waals surface area contributed by atoms with Crippen molar-refractivity contribution in [2.24, 2.45) is 0 Å². The maximum Gasteiger partial charge on any atom is 0.261 e.